The minimum absolute atomic E-state index is 0.176. The fourth-order valence-electron chi connectivity index (χ4n) is 1.50. The lowest BCUT2D eigenvalue weighted by atomic mass is 10.1. The molecule has 0 spiro atoms. The molecule has 14 heavy (non-hydrogen) atoms. The van der Waals surface area contributed by atoms with Crippen LogP contribution in [-0.4, -0.2) is 20.6 Å². The Morgan fingerprint density at radius 3 is 2.86 bits per heavy atom. The zero-order valence-electron chi connectivity index (χ0n) is 7.56. The number of hydrogen-bond acceptors (Lipinski definition) is 3. The summed E-state index contributed by atoms with van der Waals surface area (Å²) in [5, 5.41) is 9.04. The van der Waals surface area contributed by atoms with Gasteiger partial charge < -0.3 is 5.11 Å². The molecule has 0 saturated heterocycles. The third-order valence-electron chi connectivity index (χ3n) is 2.20. The Morgan fingerprint density at radius 1 is 1.50 bits per heavy atom. The molecule has 0 bridgehead atoms. The summed E-state index contributed by atoms with van der Waals surface area (Å²) in [7, 11) is -1.99. The van der Waals surface area contributed by atoms with Crippen LogP contribution < -0.4 is 9.03 Å². The van der Waals surface area contributed by atoms with Crippen molar-refractivity contribution in [3.8, 4) is 0 Å². The van der Waals surface area contributed by atoms with E-state index in [-0.39, 0.29) is 6.61 Å². The van der Waals surface area contributed by atoms with E-state index in [0.29, 0.717) is 16.9 Å². The highest BCUT2D eigenvalue weighted by Gasteiger charge is 2.30. The number of fused-ring (bicyclic) bond motifs is 1. The van der Waals surface area contributed by atoms with Gasteiger partial charge in [-0.15, -0.1) is 0 Å². The average molecular weight is 214 g/mol. The summed E-state index contributed by atoms with van der Waals surface area (Å²) in [6, 6.07) is 5.06. The summed E-state index contributed by atoms with van der Waals surface area (Å²) in [5.74, 6) is 0. The molecule has 1 heterocycles. The topological polar surface area (TPSA) is 69.6 Å². The van der Waals surface area contributed by atoms with Crippen LogP contribution in [0.25, 0.3) is 0 Å². The van der Waals surface area contributed by atoms with Crippen molar-refractivity contribution in [3.63, 3.8) is 0 Å². The normalized spacial score (nSPS) is 17.7. The molecule has 0 saturated carbocycles. The first kappa shape index (κ1) is 9.29. The Labute approximate surface area is 82.2 Å². The van der Waals surface area contributed by atoms with Crippen LogP contribution in [0.3, 0.4) is 0 Å². The number of nitrogens with zero attached hydrogens (tertiary/aromatic N) is 1. The lowest BCUT2D eigenvalue weighted by Crippen LogP contribution is -2.25. The van der Waals surface area contributed by atoms with Crippen molar-refractivity contribution in [1.29, 1.82) is 0 Å². The molecule has 1 aromatic carbocycles. The van der Waals surface area contributed by atoms with Crippen LogP contribution >= 0.6 is 0 Å². The maximum atomic E-state index is 11.4. The lowest BCUT2D eigenvalue weighted by Gasteiger charge is -2.11. The Morgan fingerprint density at radius 2 is 2.21 bits per heavy atom. The molecule has 6 heteroatoms. The van der Waals surface area contributed by atoms with E-state index in [1.165, 1.54) is 7.05 Å². The van der Waals surface area contributed by atoms with Crippen LogP contribution in [0.15, 0.2) is 18.2 Å². The molecule has 0 aromatic heterocycles. The number of benzene rings is 1. The van der Waals surface area contributed by atoms with E-state index in [9.17, 15) is 8.42 Å². The second-order valence-corrected chi connectivity index (χ2v) is 4.75. The highest BCUT2D eigenvalue weighted by molar-refractivity contribution is 7.94. The summed E-state index contributed by atoms with van der Waals surface area (Å²) in [4.78, 5) is 0. The number of para-hydroxylation sites is 1. The predicted molar refractivity (Wildman–Crippen MR) is 53.3 cm³/mol. The van der Waals surface area contributed by atoms with E-state index in [1.54, 1.807) is 18.2 Å². The smallest absolute Gasteiger partial charge is 0.323 e. The molecule has 76 valence electrons. The van der Waals surface area contributed by atoms with Crippen LogP contribution in [0.2, 0.25) is 0 Å². The van der Waals surface area contributed by atoms with Gasteiger partial charge in [0.25, 0.3) is 0 Å². The van der Waals surface area contributed by atoms with Crippen LogP contribution in [-0.2, 0) is 16.8 Å². The van der Waals surface area contributed by atoms with Gasteiger partial charge in [-0.1, -0.05) is 12.1 Å². The second-order valence-electron chi connectivity index (χ2n) is 3.05. The van der Waals surface area contributed by atoms with Gasteiger partial charge in [-0.3, -0.25) is 9.03 Å². The Kier molecular flexibility index (Phi) is 1.90. The van der Waals surface area contributed by atoms with Gasteiger partial charge in [0.05, 0.1) is 18.0 Å². The van der Waals surface area contributed by atoms with Crippen molar-refractivity contribution in [1.82, 2.24) is 0 Å². The van der Waals surface area contributed by atoms with Crippen molar-refractivity contribution < 1.29 is 13.5 Å². The number of aliphatic hydroxyl groups excluding tert-OH is 1. The van der Waals surface area contributed by atoms with Crippen molar-refractivity contribution >= 4 is 21.6 Å². The van der Waals surface area contributed by atoms with Crippen LogP contribution in [0, 0.1) is 0 Å². The van der Waals surface area contributed by atoms with E-state index in [0.717, 1.165) is 4.31 Å². The highest BCUT2D eigenvalue weighted by Crippen LogP contribution is 2.37. The van der Waals surface area contributed by atoms with Crippen LogP contribution in [0.4, 0.5) is 11.4 Å². The summed E-state index contributed by atoms with van der Waals surface area (Å²) in [5.41, 5.74) is 1.63. The van der Waals surface area contributed by atoms with E-state index >= 15 is 0 Å². The van der Waals surface area contributed by atoms with E-state index < -0.39 is 10.2 Å². The molecule has 0 aliphatic carbocycles. The first-order valence-electron chi connectivity index (χ1n) is 4.05. The number of nitrogens with one attached hydrogen (secondary N) is 1. The molecular weight excluding hydrogens is 204 g/mol. The average Bonchev–Trinajstić information content (AvgIpc) is 2.37. The number of hydrogen-bond donors (Lipinski definition) is 2. The van der Waals surface area contributed by atoms with Gasteiger partial charge in [-0.05, 0) is 6.07 Å². The summed E-state index contributed by atoms with van der Waals surface area (Å²) < 4.78 is 26.4. The first-order chi connectivity index (χ1) is 6.56. The maximum Gasteiger partial charge on any atom is 0.323 e. The Balaban J connectivity index is 2.66. The van der Waals surface area contributed by atoms with Gasteiger partial charge in [-0.25, -0.2) is 0 Å². The van der Waals surface area contributed by atoms with Gasteiger partial charge in [-0.2, -0.15) is 8.42 Å². The maximum absolute atomic E-state index is 11.4. The lowest BCUT2D eigenvalue weighted by molar-refractivity contribution is 0.282. The molecule has 1 aromatic rings. The fraction of sp³-hybridized carbons (Fsp3) is 0.250. The van der Waals surface area contributed by atoms with Gasteiger partial charge >= 0.3 is 10.2 Å². The monoisotopic (exact) mass is 214 g/mol. The third kappa shape index (κ3) is 1.15. The van der Waals surface area contributed by atoms with Crippen molar-refractivity contribution in [3.05, 3.63) is 23.8 Å². The molecule has 5 nitrogen and oxygen atoms in total. The third-order valence-corrected chi connectivity index (χ3v) is 3.59. The quantitative estimate of drug-likeness (QED) is 0.705. The highest BCUT2D eigenvalue weighted by atomic mass is 32.2. The zero-order chi connectivity index (χ0) is 10.3. The fourth-order valence-corrected chi connectivity index (χ4v) is 2.54. The molecule has 0 radical (unpaired) electrons. The van der Waals surface area contributed by atoms with Crippen molar-refractivity contribution in [2.75, 3.05) is 16.1 Å². The van der Waals surface area contributed by atoms with Crippen LogP contribution in [0.1, 0.15) is 5.56 Å². The standard InChI is InChI=1S/C8H10N2O3S/c1-10-8-6(5-11)3-2-4-7(8)9-14(10,12)13/h2-4,9,11H,5H2,1H3. The molecule has 0 atom stereocenters. The summed E-state index contributed by atoms with van der Waals surface area (Å²) in [6.45, 7) is -0.176. The molecular formula is C8H10N2O3S. The minimum atomic E-state index is -3.44. The van der Waals surface area contributed by atoms with Gasteiger partial charge in [0, 0.05) is 12.6 Å². The summed E-state index contributed by atoms with van der Waals surface area (Å²) in [6.07, 6.45) is 0. The Bertz CT molecular complexity index is 469. The molecule has 0 fully saturated rings. The van der Waals surface area contributed by atoms with E-state index in [2.05, 4.69) is 4.72 Å². The molecule has 1 aliphatic rings. The number of aliphatic hydroxyl groups is 1. The van der Waals surface area contributed by atoms with Gasteiger partial charge in [0.15, 0.2) is 0 Å². The van der Waals surface area contributed by atoms with Crippen molar-refractivity contribution in [2.45, 2.75) is 6.61 Å². The predicted octanol–water partition coefficient (Wildman–Crippen LogP) is 0.285. The molecule has 0 unspecified atom stereocenters. The Hall–Kier alpha value is -1.27. The SMILES string of the molecule is CN1c2c(CO)cccc2NS1(=O)=O. The van der Waals surface area contributed by atoms with E-state index in [4.69, 9.17) is 5.11 Å². The molecule has 0 amide bonds. The minimum Gasteiger partial charge on any atom is -0.392 e. The van der Waals surface area contributed by atoms with Crippen molar-refractivity contribution in [2.24, 2.45) is 0 Å². The van der Waals surface area contributed by atoms with E-state index in [1.807, 2.05) is 0 Å². The second kappa shape index (κ2) is 2.86. The van der Waals surface area contributed by atoms with Gasteiger partial charge in [0.2, 0.25) is 0 Å². The summed E-state index contributed by atoms with van der Waals surface area (Å²) >= 11 is 0. The molecule has 2 N–H and O–H groups in total. The number of anilines is 2. The van der Waals surface area contributed by atoms with Gasteiger partial charge in [0.1, 0.15) is 0 Å². The first-order valence-corrected chi connectivity index (χ1v) is 5.49. The molecule has 2 rings (SSSR count). The largest absolute Gasteiger partial charge is 0.392 e. The molecule has 1 aliphatic heterocycles. The number of rotatable bonds is 1. The van der Waals surface area contributed by atoms with Crippen LogP contribution in [0.5, 0.6) is 0 Å². The zero-order valence-corrected chi connectivity index (χ0v) is 8.37.